The summed E-state index contributed by atoms with van der Waals surface area (Å²) in [6.07, 6.45) is 2.81. The zero-order valence-electron chi connectivity index (χ0n) is 41.4. The van der Waals surface area contributed by atoms with Crippen molar-refractivity contribution in [3.8, 4) is 0 Å². The second kappa shape index (κ2) is 22.9. The number of anilines is 3. The number of likely N-dealkylation sites (tertiary alicyclic amines) is 2. The van der Waals surface area contributed by atoms with Gasteiger partial charge in [-0.2, -0.15) is 0 Å². The van der Waals surface area contributed by atoms with Crippen LogP contribution >= 0.6 is 0 Å². The number of rotatable bonds is 17. The van der Waals surface area contributed by atoms with Gasteiger partial charge in [-0.15, -0.1) is 0 Å². The third-order valence-corrected chi connectivity index (χ3v) is 20.4. The summed E-state index contributed by atoms with van der Waals surface area (Å²) in [6.45, 7) is 15.2. The lowest BCUT2D eigenvalue weighted by molar-refractivity contribution is -0.139. The molecule has 3 aromatic rings. The molecule has 15 nitrogen and oxygen atoms in total. The molecule has 6 rings (SSSR count). The Morgan fingerprint density at radius 1 is 0.574 bits per heavy atom. The Morgan fingerprint density at radius 3 is 1.29 bits per heavy atom. The average Bonchev–Trinajstić information content (AvgIpc) is 4.15. The first-order valence-corrected chi connectivity index (χ1v) is 27.2. The summed E-state index contributed by atoms with van der Waals surface area (Å²) >= 11 is 0. The van der Waals surface area contributed by atoms with Crippen molar-refractivity contribution >= 4 is 66.1 Å². The van der Waals surface area contributed by atoms with E-state index in [9.17, 15) is 28.8 Å². The van der Waals surface area contributed by atoms with Gasteiger partial charge in [-0.1, -0.05) is 108 Å². The maximum Gasteiger partial charge on any atom is 0.407 e. The summed E-state index contributed by atoms with van der Waals surface area (Å²) in [6, 6.07) is 26.0. The Labute approximate surface area is 403 Å². The highest BCUT2D eigenvalue weighted by molar-refractivity contribution is 6.91. The molecule has 368 valence electrons. The molecule has 0 bridgehead atoms. The molecule has 3 fully saturated rings. The van der Waals surface area contributed by atoms with Crippen LogP contribution in [-0.4, -0.2) is 105 Å². The number of nitrogens with zero attached hydrogens (tertiary/aromatic N) is 3. The van der Waals surface area contributed by atoms with Crippen LogP contribution in [0.1, 0.15) is 110 Å². The molecule has 3 saturated heterocycles. The number of benzene rings is 3. The average molecular weight is 952 g/mol. The number of hydrogen-bond acceptors (Lipinski definition) is 9. The van der Waals surface area contributed by atoms with E-state index >= 15 is 0 Å². The van der Waals surface area contributed by atoms with Crippen LogP contribution < -0.4 is 31.4 Å². The number of carbonyl (C=O) groups excluding carboxylic acids is 6. The first kappa shape index (κ1) is 51.5. The minimum atomic E-state index is -1.61. The second-order valence-corrected chi connectivity index (χ2v) is 24.5. The number of amides is 6. The molecule has 16 heteroatoms. The molecule has 3 heterocycles. The van der Waals surface area contributed by atoms with Crippen molar-refractivity contribution in [3.63, 3.8) is 0 Å². The van der Waals surface area contributed by atoms with E-state index in [1.54, 1.807) is 9.80 Å². The first-order chi connectivity index (χ1) is 32.6. The quantitative estimate of drug-likeness (QED) is 0.0974. The topological polar surface area (TPSA) is 179 Å². The van der Waals surface area contributed by atoms with Gasteiger partial charge in [0.15, 0.2) is 0 Å². The number of ether oxygens (including phenoxy) is 2. The monoisotopic (exact) mass is 952 g/mol. The molecule has 0 aromatic heterocycles. The molecule has 0 unspecified atom stereocenters. The van der Waals surface area contributed by atoms with E-state index < -0.39 is 44.4 Å². The van der Waals surface area contributed by atoms with E-state index in [0.29, 0.717) is 50.1 Å². The Bertz CT molecular complexity index is 2100. The van der Waals surface area contributed by atoms with Crippen LogP contribution in [0.2, 0.25) is 18.1 Å². The molecule has 0 radical (unpaired) electrons. The number of hydrogen-bond donors (Lipinski definition) is 4. The van der Waals surface area contributed by atoms with Gasteiger partial charge < -0.3 is 45.4 Å². The molecule has 3 aliphatic heterocycles. The Morgan fingerprint density at radius 2 is 0.956 bits per heavy atom. The highest BCUT2D eigenvalue weighted by Gasteiger charge is 2.41. The van der Waals surface area contributed by atoms with Gasteiger partial charge in [0.2, 0.25) is 23.6 Å². The van der Waals surface area contributed by atoms with Gasteiger partial charge in [-0.25, -0.2) is 9.59 Å². The van der Waals surface area contributed by atoms with Crippen LogP contribution in [0.5, 0.6) is 0 Å². The van der Waals surface area contributed by atoms with Crippen molar-refractivity contribution in [3.05, 3.63) is 83.9 Å². The minimum absolute atomic E-state index is 0.0351. The predicted molar refractivity (Wildman–Crippen MR) is 268 cm³/mol. The standard InChI is InChI=1S/C52H73N7O8Si/c1-10-68(11-2,12-3)40-27-25-39(26-28-40)59-41(35-17-21-37(22-18-35)53-47(60)43-15-13-31-57(43)49(62)45(33(4)5)55-51(64)66-8)29-30-42(59)36-19-23-38(24-20-36)54-48(61)44-16-14-32-58(44)50(63)46(34(6)7)56-52(65)67-9/h17-28,33-34,41-46H,10-16,29-32H2,1-9H3,(H,53,60)(H,54,61)(H,55,64)(H,56,65)/t41-,42+,43-,44-,45-,46-/m0/s1. The molecule has 4 N–H and O–H groups in total. The fraction of sp³-hybridized carbons (Fsp3) is 0.538. The molecule has 3 aromatic carbocycles. The second-order valence-electron chi connectivity index (χ2n) is 19.2. The van der Waals surface area contributed by atoms with E-state index in [0.717, 1.165) is 29.7 Å². The maximum atomic E-state index is 13.7. The van der Waals surface area contributed by atoms with Crippen molar-refractivity contribution in [2.24, 2.45) is 11.8 Å². The third-order valence-electron chi connectivity index (χ3n) is 14.8. The van der Waals surface area contributed by atoms with Gasteiger partial charge in [-0.05, 0) is 97.9 Å². The SMILES string of the molecule is CC[Si](CC)(CC)c1ccc(N2[C@@H](c3ccc(NC(=O)[C@@H]4CCCN4C(=O)[C@@H](NC(=O)OC)C(C)C)cc3)CC[C@H]2c2ccc(NC(=O)[C@@H]3CCCN3C(=O)[C@@H](NC(=O)OC)C(C)C)cc2)cc1. The van der Waals surface area contributed by atoms with Crippen LogP contribution in [0.15, 0.2) is 72.8 Å². The number of methoxy groups -OCH3 is 2. The zero-order valence-corrected chi connectivity index (χ0v) is 42.4. The molecule has 0 saturated carbocycles. The van der Waals surface area contributed by atoms with E-state index in [1.165, 1.54) is 37.5 Å². The van der Waals surface area contributed by atoms with E-state index in [2.05, 4.69) is 95.5 Å². The molecule has 6 amide bonds. The third kappa shape index (κ3) is 11.3. The van der Waals surface area contributed by atoms with Gasteiger partial charge >= 0.3 is 12.2 Å². The predicted octanol–water partition coefficient (Wildman–Crippen LogP) is 8.11. The lowest BCUT2D eigenvalue weighted by Gasteiger charge is -2.35. The molecular formula is C52H73N7O8Si. The van der Waals surface area contributed by atoms with E-state index in [4.69, 9.17) is 9.47 Å². The fourth-order valence-corrected chi connectivity index (χ4v) is 14.2. The van der Waals surface area contributed by atoms with Crippen molar-refractivity contribution in [2.75, 3.05) is 42.8 Å². The number of alkyl carbamates (subject to hydrolysis) is 2. The molecule has 3 aliphatic rings. The smallest absolute Gasteiger partial charge is 0.407 e. The van der Waals surface area contributed by atoms with E-state index in [-0.39, 0.29) is 47.5 Å². The van der Waals surface area contributed by atoms with Crippen molar-refractivity contribution in [2.45, 2.75) is 141 Å². The lowest BCUT2D eigenvalue weighted by atomic mass is 10.0. The van der Waals surface area contributed by atoms with Gasteiger partial charge in [0, 0.05) is 30.2 Å². The van der Waals surface area contributed by atoms with Gasteiger partial charge in [-0.3, -0.25) is 19.2 Å². The highest BCUT2D eigenvalue weighted by Crippen LogP contribution is 2.47. The zero-order chi connectivity index (χ0) is 49.3. The van der Waals surface area contributed by atoms with Crippen LogP contribution in [0, 0.1) is 11.8 Å². The molecule has 6 atom stereocenters. The Balaban J connectivity index is 1.20. The van der Waals surface area contributed by atoms with Crippen LogP contribution in [-0.2, 0) is 28.7 Å². The molecule has 0 spiro atoms. The van der Waals surface area contributed by atoms with Crippen molar-refractivity contribution in [1.29, 1.82) is 0 Å². The fourth-order valence-electron chi connectivity index (χ4n) is 10.6. The Hall–Kier alpha value is -5.90. The van der Waals surface area contributed by atoms with Gasteiger partial charge in [0.25, 0.3) is 0 Å². The minimum Gasteiger partial charge on any atom is -0.453 e. The molecular weight excluding hydrogens is 879 g/mol. The first-order valence-electron chi connectivity index (χ1n) is 24.6. The molecule has 0 aliphatic carbocycles. The van der Waals surface area contributed by atoms with Gasteiger partial charge in [0.1, 0.15) is 24.2 Å². The molecule has 68 heavy (non-hydrogen) atoms. The Kier molecular flexibility index (Phi) is 17.4. The summed E-state index contributed by atoms with van der Waals surface area (Å²) in [5, 5.41) is 12.9. The number of carbonyl (C=O) groups is 6. The van der Waals surface area contributed by atoms with Crippen LogP contribution in [0.4, 0.5) is 26.7 Å². The highest BCUT2D eigenvalue weighted by atomic mass is 28.3. The van der Waals surface area contributed by atoms with Crippen LogP contribution in [0.25, 0.3) is 0 Å². The normalized spacial score (nSPS) is 20.2. The largest absolute Gasteiger partial charge is 0.453 e. The van der Waals surface area contributed by atoms with Crippen molar-refractivity contribution < 1.29 is 38.2 Å². The number of nitrogens with one attached hydrogen (secondary N) is 4. The van der Waals surface area contributed by atoms with Gasteiger partial charge in [0.05, 0.1) is 34.4 Å². The van der Waals surface area contributed by atoms with Crippen LogP contribution in [0.3, 0.4) is 0 Å². The summed E-state index contributed by atoms with van der Waals surface area (Å²) in [7, 11) is 0.900. The summed E-state index contributed by atoms with van der Waals surface area (Å²) in [5.74, 6) is -1.53. The lowest BCUT2D eigenvalue weighted by Crippen LogP contribution is -2.54. The maximum absolute atomic E-state index is 13.7. The summed E-state index contributed by atoms with van der Waals surface area (Å²) in [4.78, 5) is 84.5. The van der Waals surface area contributed by atoms with Crippen molar-refractivity contribution in [1.82, 2.24) is 20.4 Å². The summed E-state index contributed by atoms with van der Waals surface area (Å²) in [5.41, 5.74) is 4.62. The summed E-state index contributed by atoms with van der Waals surface area (Å²) < 4.78 is 9.51. The van der Waals surface area contributed by atoms with E-state index in [1.807, 2.05) is 52.0 Å².